The van der Waals surface area contributed by atoms with Crippen LogP contribution in [0.5, 0.6) is 0 Å². The van der Waals surface area contributed by atoms with E-state index in [4.69, 9.17) is 4.84 Å². The number of Topliss-reactive ketones (excluding diaryl/α,β-unsaturated/α-hetero) is 1. The lowest BCUT2D eigenvalue weighted by molar-refractivity contribution is -0.184. The number of ketones is 1. The summed E-state index contributed by atoms with van der Waals surface area (Å²) in [6, 6.07) is 4.10. The van der Waals surface area contributed by atoms with Gasteiger partial charge in [-0.2, -0.15) is 5.06 Å². The number of hydrogen-bond acceptors (Lipinski definition) is 4. The van der Waals surface area contributed by atoms with Gasteiger partial charge in [-0.3, -0.25) is 14.4 Å². The van der Waals surface area contributed by atoms with Crippen molar-refractivity contribution in [2.45, 2.75) is 58.9 Å². The van der Waals surface area contributed by atoms with Crippen LogP contribution < -0.4 is 5.32 Å². The van der Waals surface area contributed by atoms with E-state index in [1.807, 2.05) is 25.8 Å². The smallest absolute Gasteiger partial charge is 0.235 e. The van der Waals surface area contributed by atoms with Crippen LogP contribution in [0.3, 0.4) is 0 Å². The maximum atomic E-state index is 13.3. The van der Waals surface area contributed by atoms with Gasteiger partial charge in [0.05, 0.1) is 6.61 Å². The summed E-state index contributed by atoms with van der Waals surface area (Å²) in [5.41, 5.74) is 3.34. The fourth-order valence-corrected chi connectivity index (χ4v) is 4.30. The molecular formula is C21H30N2O3. The van der Waals surface area contributed by atoms with E-state index in [9.17, 15) is 9.59 Å². The first-order valence-electron chi connectivity index (χ1n) is 9.55. The molecule has 1 spiro atoms. The monoisotopic (exact) mass is 358 g/mol. The molecule has 1 N–H and O–H groups in total. The minimum Gasteiger partial charge on any atom is -0.343 e. The lowest BCUT2D eigenvalue weighted by Crippen LogP contribution is -2.54. The minimum absolute atomic E-state index is 0.0288. The molecule has 1 atom stereocenters. The van der Waals surface area contributed by atoms with Crippen molar-refractivity contribution < 1.29 is 14.4 Å². The van der Waals surface area contributed by atoms with Crippen molar-refractivity contribution in [1.29, 1.82) is 0 Å². The van der Waals surface area contributed by atoms with Gasteiger partial charge in [-0.25, -0.2) is 0 Å². The average Bonchev–Trinajstić information content (AvgIpc) is 2.78. The molecule has 2 fully saturated rings. The number of piperidine rings is 1. The van der Waals surface area contributed by atoms with E-state index in [2.05, 4.69) is 31.3 Å². The van der Waals surface area contributed by atoms with Crippen LogP contribution in [0.15, 0.2) is 12.1 Å². The predicted octanol–water partition coefficient (Wildman–Crippen LogP) is 2.82. The first-order chi connectivity index (χ1) is 12.2. The molecule has 0 aliphatic carbocycles. The summed E-state index contributed by atoms with van der Waals surface area (Å²) in [6.45, 7) is 12.2. The third-order valence-corrected chi connectivity index (χ3v) is 5.55. The largest absolute Gasteiger partial charge is 0.343 e. The maximum Gasteiger partial charge on any atom is 0.235 e. The van der Waals surface area contributed by atoms with E-state index in [1.165, 1.54) is 0 Å². The summed E-state index contributed by atoms with van der Waals surface area (Å²) in [5.74, 6) is -0.336. The fraction of sp³-hybridized carbons (Fsp3) is 0.619. The van der Waals surface area contributed by atoms with Crippen molar-refractivity contribution in [2.75, 3.05) is 19.7 Å². The number of carbonyl (C=O) groups excluding carboxylic acids is 2. The average molecular weight is 358 g/mol. The van der Waals surface area contributed by atoms with Gasteiger partial charge in [0.2, 0.25) is 5.91 Å². The molecule has 1 amide bonds. The van der Waals surface area contributed by atoms with Gasteiger partial charge in [-0.1, -0.05) is 31.5 Å². The van der Waals surface area contributed by atoms with Gasteiger partial charge < -0.3 is 5.32 Å². The van der Waals surface area contributed by atoms with Crippen LogP contribution in [0, 0.1) is 26.7 Å². The maximum absolute atomic E-state index is 13.3. The number of rotatable bonds is 4. The molecule has 5 heteroatoms. The van der Waals surface area contributed by atoms with Crippen LogP contribution >= 0.6 is 0 Å². The van der Waals surface area contributed by atoms with E-state index >= 15 is 0 Å². The van der Waals surface area contributed by atoms with Gasteiger partial charge in [0.1, 0.15) is 11.5 Å². The fourth-order valence-electron chi connectivity index (χ4n) is 4.30. The third kappa shape index (κ3) is 3.42. The highest BCUT2D eigenvalue weighted by Crippen LogP contribution is 2.38. The molecule has 5 nitrogen and oxygen atoms in total. The Labute approximate surface area is 156 Å². The van der Waals surface area contributed by atoms with Gasteiger partial charge in [-0.15, -0.1) is 0 Å². The van der Waals surface area contributed by atoms with Crippen molar-refractivity contribution in [3.05, 3.63) is 34.4 Å². The SMILES string of the molecule is Cc1cc(C)c(C2C(=O)NC3(CCN(OCC(C)C)CC3)C2=O)c(C)c1. The van der Waals surface area contributed by atoms with E-state index in [0.717, 1.165) is 22.3 Å². The molecule has 2 saturated heterocycles. The van der Waals surface area contributed by atoms with Gasteiger partial charge >= 0.3 is 0 Å². The summed E-state index contributed by atoms with van der Waals surface area (Å²) < 4.78 is 0. The molecule has 3 rings (SSSR count). The van der Waals surface area contributed by atoms with Gasteiger partial charge in [0.15, 0.2) is 5.78 Å². The Morgan fingerprint density at radius 2 is 1.73 bits per heavy atom. The van der Waals surface area contributed by atoms with Crippen molar-refractivity contribution in [1.82, 2.24) is 10.4 Å². The molecule has 1 aromatic carbocycles. The topological polar surface area (TPSA) is 58.6 Å². The third-order valence-electron chi connectivity index (χ3n) is 5.55. The zero-order chi connectivity index (χ0) is 19.1. The second-order valence-corrected chi connectivity index (χ2v) is 8.30. The highest BCUT2D eigenvalue weighted by atomic mass is 16.7. The van der Waals surface area contributed by atoms with Crippen molar-refractivity contribution in [3.8, 4) is 0 Å². The van der Waals surface area contributed by atoms with Gasteiger partial charge in [0.25, 0.3) is 0 Å². The van der Waals surface area contributed by atoms with E-state index in [-0.39, 0.29) is 11.7 Å². The Kier molecular flexibility index (Phi) is 5.22. The van der Waals surface area contributed by atoms with Crippen molar-refractivity contribution in [3.63, 3.8) is 0 Å². The molecule has 0 bridgehead atoms. The van der Waals surface area contributed by atoms with Crippen LogP contribution in [0.25, 0.3) is 0 Å². The summed E-state index contributed by atoms with van der Waals surface area (Å²) >= 11 is 0. The molecule has 2 heterocycles. The second kappa shape index (κ2) is 7.12. The Balaban J connectivity index is 1.78. The van der Waals surface area contributed by atoms with Crippen LogP contribution in [-0.2, 0) is 14.4 Å². The van der Waals surface area contributed by atoms with Crippen molar-refractivity contribution >= 4 is 11.7 Å². The zero-order valence-electron chi connectivity index (χ0n) is 16.5. The number of nitrogens with zero attached hydrogens (tertiary/aromatic N) is 1. The molecule has 142 valence electrons. The summed E-state index contributed by atoms with van der Waals surface area (Å²) in [6.07, 6.45) is 1.21. The number of amides is 1. The normalized spacial score (nSPS) is 23.1. The van der Waals surface area contributed by atoms with E-state index in [0.29, 0.717) is 38.5 Å². The number of benzene rings is 1. The Hall–Kier alpha value is -1.72. The van der Waals surface area contributed by atoms with Gasteiger partial charge in [-0.05, 0) is 56.2 Å². The summed E-state index contributed by atoms with van der Waals surface area (Å²) in [4.78, 5) is 31.9. The van der Waals surface area contributed by atoms with Gasteiger partial charge in [0, 0.05) is 13.1 Å². The van der Waals surface area contributed by atoms with E-state index < -0.39 is 11.5 Å². The standard InChI is InChI=1S/C21H30N2O3/c1-13(2)12-26-23-8-6-21(7-9-23)19(24)18(20(25)22-21)17-15(4)10-14(3)11-16(17)5/h10-11,13,18H,6-9,12H2,1-5H3,(H,22,25). The van der Waals surface area contributed by atoms with Crippen LogP contribution in [-0.4, -0.2) is 42.0 Å². The summed E-state index contributed by atoms with van der Waals surface area (Å²) in [5, 5.41) is 4.98. The van der Waals surface area contributed by atoms with E-state index in [1.54, 1.807) is 0 Å². The predicted molar refractivity (Wildman–Crippen MR) is 101 cm³/mol. The number of hydroxylamine groups is 2. The molecular weight excluding hydrogens is 328 g/mol. The molecule has 1 aromatic rings. The number of carbonyl (C=O) groups is 2. The van der Waals surface area contributed by atoms with Crippen LogP contribution in [0.1, 0.15) is 54.9 Å². The highest BCUT2D eigenvalue weighted by molar-refractivity contribution is 6.17. The zero-order valence-corrected chi connectivity index (χ0v) is 16.5. The molecule has 0 aromatic heterocycles. The molecule has 26 heavy (non-hydrogen) atoms. The van der Waals surface area contributed by atoms with Crippen molar-refractivity contribution in [2.24, 2.45) is 5.92 Å². The molecule has 1 unspecified atom stereocenters. The Morgan fingerprint density at radius 3 is 2.27 bits per heavy atom. The highest BCUT2D eigenvalue weighted by Gasteiger charge is 2.54. The molecule has 0 saturated carbocycles. The summed E-state index contributed by atoms with van der Waals surface area (Å²) in [7, 11) is 0. The minimum atomic E-state index is -0.733. The lowest BCUT2D eigenvalue weighted by Gasteiger charge is -2.37. The first-order valence-corrected chi connectivity index (χ1v) is 9.55. The number of aryl methyl sites for hydroxylation is 3. The van der Waals surface area contributed by atoms with Crippen LogP contribution in [0.2, 0.25) is 0 Å². The Morgan fingerprint density at radius 1 is 1.15 bits per heavy atom. The Bertz CT molecular complexity index is 695. The number of hydrogen-bond donors (Lipinski definition) is 1. The molecule has 0 radical (unpaired) electrons. The first kappa shape index (κ1) is 19.1. The number of nitrogens with one attached hydrogen (secondary N) is 1. The quantitative estimate of drug-likeness (QED) is 0.841. The van der Waals surface area contributed by atoms with Crippen LogP contribution in [0.4, 0.5) is 0 Å². The molecule has 2 aliphatic rings. The second-order valence-electron chi connectivity index (χ2n) is 8.30. The molecule has 2 aliphatic heterocycles. The lowest BCUT2D eigenvalue weighted by atomic mass is 9.79.